The molecule has 6 nitrogen and oxygen atoms in total. The summed E-state index contributed by atoms with van der Waals surface area (Å²) >= 11 is 0. The molecule has 0 aromatic rings. The standard InChI is InChI=1S/C14H26N4O2/c1-11(13(19)17-7-4-5-8-17)18-9-6-15-10-12(18)14(20)16(2)3/h11-12,15H,4-10H2,1-3H3. The first-order chi connectivity index (χ1) is 9.52. The van der Waals surface area contributed by atoms with E-state index in [-0.39, 0.29) is 23.9 Å². The van der Waals surface area contributed by atoms with Gasteiger partial charge in [0.2, 0.25) is 11.8 Å². The fourth-order valence-corrected chi connectivity index (χ4v) is 3.05. The Morgan fingerprint density at radius 2 is 1.85 bits per heavy atom. The molecule has 2 fully saturated rings. The van der Waals surface area contributed by atoms with Crippen LogP contribution in [0.4, 0.5) is 0 Å². The van der Waals surface area contributed by atoms with Crippen LogP contribution in [0.15, 0.2) is 0 Å². The minimum absolute atomic E-state index is 0.0678. The number of hydrogen-bond acceptors (Lipinski definition) is 4. The fourth-order valence-electron chi connectivity index (χ4n) is 3.05. The van der Waals surface area contributed by atoms with E-state index in [0.29, 0.717) is 6.54 Å². The van der Waals surface area contributed by atoms with E-state index in [1.807, 2.05) is 11.8 Å². The molecule has 0 aromatic heterocycles. The Bertz CT molecular complexity index is 366. The predicted molar refractivity (Wildman–Crippen MR) is 77.3 cm³/mol. The molecule has 0 bridgehead atoms. The highest BCUT2D eigenvalue weighted by Crippen LogP contribution is 2.16. The summed E-state index contributed by atoms with van der Waals surface area (Å²) in [6.07, 6.45) is 2.19. The lowest BCUT2D eigenvalue weighted by Crippen LogP contribution is -2.62. The summed E-state index contributed by atoms with van der Waals surface area (Å²) in [5.41, 5.74) is 0. The van der Waals surface area contributed by atoms with Crippen molar-refractivity contribution < 1.29 is 9.59 Å². The maximum atomic E-state index is 12.5. The molecule has 0 spiro atoms. The van der Waals surface area contributed by atoms with Gasteiger partial charge in [0, 0.05) is 46.8 Å². The normalized spacial score (nSPS) is 25.6. The van der Waals surface area contributed by atoms with Crippen molar-refractivity contribution in [2.24, 2.45) is 0 Å². The van der Waals surface area contributed by atoms with Gasteiger partial charge in [-0.15, -0.1) is 0 Å². The highest BCUT2D eigenvalue weighted by Gasteiger charge is 2.37. The number of piperazine rings is 1. The largest absolute Gasteiger partial charge is 0.347 e. The molecular formula is C14H26N4O2. The smallest absolute Gasteiger partial charge is 0.240 e. The van der Waals surface area contributed by atoms with E-state index in [1.165, 1.54) is 0 Å². The van der Waals surface area contributed by atoms with Gasteiger partial charge < -0.3 is 15.1 Å². The van der Waals surface area contributed by atoms with E-state index >= 15 is 0 Å². The van der Waals surface area contributed by atoms with Gasteiger partial charge in [-0.25, -0.2) is 0 Å². The molecule has 114 valence electrons. The van der Waals surface area contributed by atoms with E-state index in [2.05, 4.69) is 10.2 Å². The summed E-state index contributed by atoms with van der Waals surface area (Å²) in [7, 11) is 3.53. The molecule has 0 aromatic carbocycles. The molecule has 0 aliphatic carbocycles. The Labute approximate surface area is 121 Å². The van der Waals surface area contributed by atoms with Crippen LogP contribution in [0.5, 0.6) is 0 Å². The van der Waals surface area contributed by atoms with Crippen molar-refractivity contribution in [3.63, 3.8) is 0 Å². The van der Waals surface area contributed by atoms with E-state index in [9.17, 15) is 9.59 Å². The number of carbonyl (C=O) groups excluding carboxylic acids is 2. The maximum Gasteiger partial charge on any atom is 0.240 e. The number of hydrogen-bond donors (Lipinski definition) is 1. The lowest BCUT2D eigenvalue weighted by Gasteiger charge is -2.40. The van der Waals surface area contributed by atoms with Gasteiger partial charge in [0.1, 0.15) is 6.04 Å². The maximum absolute atomic E-state index is 12.5. The van der Waals surface area contributed by atoms with Gasteiger partial charge in [-0.3, -0.25) is 14.5 Å². The third-order valence-corrected chi connectivity index (χ3v) is 4.28. The average molecular weight is 282 g/mol. The van der Waals surface area contributed by atoms with Gasteiger partial charge in [-0.2, -0.15) is 0 Å². The number of rotatable bonds is 3. The molecule has 2 unspecified atom stereocenters. The Morgan fingerprint density at radius 3 is 2.45 bits per heavy atom. The zero-order chi connectivity index (χ0) is 14.7. The Hall–Kier alpha value is -1.14. The van der Waals surface area contributed by atoms with Gasteiger partial charge in [-0.05, 0) is 19.8 Å². The van der Waals surface area contributed by atoms with Crippen LogP contribution in [0, 0.1) is 0 Å². The topological polar surface area (TPSA) is 55.9 Å². The Balaban J connectivity index is 2.06. The SMILES string of the molecule is CC(C(=O)N1CCCC1)N1CCNCC1C(=O)N(C)C. The van der Waals surface area contributed by atoms with Crippen molar-refractivity contribution in [2.45, 2.75) is 31.8 Å². The van der Waals surface area contributed by atoms with Crippen LogP contribution in [-0.4, -0.2) is 85.4 Å². The highest BCUT2D eigenvalue weighted by atomic mass is 16.2. The van der Waals surface area contributed by atoms with E-state index < -0.39 is 0 Å². The van der Waals surface area contributed by atoms with Crippen molar-refractivity contribution in [3.8, 4) is 0 Å². The molecule has 2 aliphatic heterocycles. The van der Waals surface area contributed by atoms with E-state index in [1.54, 1.807) is 19.0 Å². The Kier molecular flexibility index (Phi) is 4.99. The van der Waals surface area contributed by atoms with Gasteiger partial charge in [-0.1, -0.05) is 0 Å². The molecule has 2 atom stereocenters. The van der Waals surface area contributed by atoms with Crippen molar-refractivity contribution in [3.05, 3.63) is 0 Å². The van der Waals surface area contributed by atoms with Crippen molar-refractivity contribution in [1.82, 2.24) is 20.0 Å². The first-order valence-corrected chi connectivity index (χ1v) is 7.49. The summed E-state index contributed by atoms with van der Waals surface area (Å²) in [5.74, 6) is 0.235. The molecule has 2 amide bonds. The fraction of sp³-hybridized carbons (Fsp3) is 0.857. The van der Waals surface area contributed by atoms with Crippen LogP contribution in [0.2, 0.25) is 0 Å². The molecule has 2 saturated heterocycles. The van der Waals surface area contributed by atoms with Gasteiger partial charge >= 0.3 is 0 Å². The number of carbonyl (C=O) groups is 2. The van der Waals surface area contributed by atoms with Gasteiger partial charge in [0.15, 0.2) is 0 Å². The van der Waals surface area contributed by atoms with Crippen molar-refractivity contribution >= 4 is 11.8 Å². The zero-order valence-electron chi connectivity index (χ0n) is 12.8. The summed E-state index contributed by atoms with van der Waals surface area (Å²) in [4.78, 5) is 30.4. The van der Waals surface area contributed by atoms with Crippen LogP contribution in [-0.2, 0) is 9.59 Å². The minimum atomic E-state index is -0.236. The van der Waals surface area contributed by atoms with E-state index in [4.69, 9.17) is 0 Å². The van der Waals surface area contributed by atoms with Gasteiger partial charge in [0.25, 0.3) is 0 Å². The molecule has 6 heteroatoms. The molecule has 0 saturated carbocycles. The number of likely N-dealkylation sites (N-methyl/N-ethyl adjacent to an activating group) is 1. The van der Waals surface area contributed by atoms with E-state index in [0.717, 1.165) is 39.0 Å². The molecule has 20 heavy (non-hydrogen) atoms. The van der Waals surface area contributed by atoms with Crippen LogP contribution in [0.3, 0.4) is 0 Å². The summed E-state index contributed by atoms with van der Waals surface area (Å²) in [6.45, 7) is 5.85. The molecule has 2 heterocycles. The summed E-state index contributed by atoms with van der Waals surface area (Å²) in [5, 5.41) is 3.25. The molecule has 2 aliphatic rings. The van der Waals surface area contributed by atoms with Crippen LogP contribution < -0.4 is 5.32 Å². The minimum Gasteiger partial charge on any atom is -0.347 e. The lowest BCUT2D eigenvalue weighted by atomic mass is 10.1. The number of amides is 2. The molecule has 1 N–H and O–H groups in total. The molecule has 2 rings (SSSR count). The first-order valence-electron chi connectivity index (χ1n) is 7.49. The quantitative estimate of drug-likeness (QED) is 0.748. The summed E-state index contributed by atoms with van der Waals surface area (Å²) in [6, 6.07) is -0.454. The lowest BCUT2D eigenvalue weighted by molar-refractivity contribution is -0.142. The second kappa shape index (κ2) is 6.54. The number of nitrogens with one attached hydrogen (secondary N) is 1. The number of nitrogens with zero attached hydrogens (tertiary/aromatic N) is 3. The highest BCUT2D eigenvalue weighted by molar-refractivity contribution is 5.85. The Morgan fingerprint density at radius 1 is 1.20 bits per heavy atom. The first kappa shape index (κ1) is 15.3. The monoisotopic (exact) mass is 282 g/mol. The van der Waals surface area contributed by atoms with Gasteiger partial charge in [0.05, 0.1) is 6.04 Å². The summed E-state index contributed by atoms with van der Waals surface area (Å²) < 4.78 is 0. The van der Waals surface area contributed by atoms with Crippen molar-refractivity contribution in [1.29, 1.82) is 0 Å². The average Bonchev–Trinajstić information content (AvgIpc) is 2.99. The van der Waals surface area contributed by atoms with Crippen LogP contribution >= 0.6 is 0 Å². The third kappa shape index (κ3) is 3.12. The second-order valence-electron chi connectivity index (χ2n) is 5.90. The molecule has 0 radical (unpaired) electrons. The predicted octanol–water partition coefficient (Wildman–Crippen LogP) is -0.641. The second-order valence-corrected chi connectivity index (χ2v) is 5.90. The molecular weight excluding hydrogens is 256 g/mol. The third-order valence-electron chi connectivity index (χ3n) is 4.28. The number of likely N-dealkylation sites (tertiary alicyclic amines) is 1. The van der Waals surface area contributed by atoms with Crippen LogP contribution in [0.1, 0.15) is 19.8 Å². The van der Waals surface area contributed by atoms with Crippen molar-refractivity contribution in [2.75, 3.05) is 46.8 Å². The van der Waals surface area contributed by atoms with Crippen LogP contribution in [0.25, 0.3) is 0 Å². The zero-order valence-corrected chi connectivity index (χ0v) is 12.8.